The maximum absolute atomic E-state index is 8.87. The standard InChI is InChI=1S/C15H18N2.ClH/c1-12-10-14(4-5-15(12)11-16)3-2-13-6-8-17-9-7-13;/h2-5,10,13,17H,6-9H2,1H3;1H/b3-2+;. The average Bonchev–Trinajstić information content (AvgIpc) is 2.38. The number of nitrogens with one attached hydrogen (secondary N) is 1. The predicted octanol–water partition coefficient (Wildman–Crippen LogP) is 3.30. The summed E-state index contributed by atoms with van der Waals surface area (Å²) in [6.45, 7) is 4.24. The minimum atomic E-state index is 0. The summed E-state index contributed by atoms with van der Waals surface area (Å²) in [5.41, 5.74) is 3.02. The van der Waals surface area contributed by atoms with Gasteiger partial charge in [0.05, 0.1) is 11.6 Å². The molecule has 1 heterocycles. The highest BCUT2D eigenvalue weighted by Gasteiger charge is 2.08. The highest BCUT2D eigenvalue weighted by Crippen LogP contribution is 2.16. The lowest BCUT2D eigenvalue weighted by Crippen LogP contribution is -2.26. The fourth-order valence-electron chi connectivity index (χ4n) is 2.20. The van der Waals surface area contributed by atoms with Gasteiger partial charge in [0, 0.05) is 0 Å². The molecular formula is C15H19ClN2. The molecular weight excluding hydrogens is 244 g/mol. The topological polar surface area (TPSA) is 35.8 Å². The Morgan fingerprint density at radius 3 is 2.67 bits per heavy atom. The van der Waals surface area contributed by atoms with E-state index < -0.39 is 0 Å². The number of rotatable bonds is 2. The third kappa shape index (κ3) is 3.87. The first-order chi connectivity index (χ1) is 8.29. The zero-order chi connectivity index (χ0) is 12.1. The lowest BCUT2D eigenvalue weighted by molar-refractivity contribution is 0.438. The summed E-state index contributed by atoms with van der Waals surface area (Å²) < 4.78 is 0. The molecule has 96 valence electrons. The Hall–Kier alpha value is -1.30. The number of nitriles is 1. The van der Waals surface area contributed by atoms with Gasteiger partial charge in [0.2, 0.25) is 0 Å². The Morgan fingerprint density at radius 1 is 1.33 bits per heavy atom. The van der Waals surface area contributed by atoms with Crippen LogP contribution in [0.25, 0.3) is 6.08 Å². The maximum Gasteiger partial charge on any atom is 0.0994 e. The largest absolute Gasteiger partial charge is 0.317 e. The molecule has 1 aliphatic rings. The van der Waals surface area contributed by atoms with E-state index in [2.05, 4.69) is 29.6 Å². The van der Waals surface area contributed by atoms with Crippen molar-refractivity contribution in [3.8, 4) is 6.07 Å². The third-order valence-corrected chi connectivity index (χ3v) is 3.32. The third-order valence-electron chi connectivity index (χ3n) is 3.32. The van der Waals surface area contributed by atoms with Crippen LogP contribution in [-0.2, 0) is 0 Å². The quantitative estimate of drug-likeness (QED) is 0.888. The Bertz CT molecular complexity index is 454. The molecule has 0 bridgehead atoms. The van der Waals surface area contributed by atoms with E-state index in [-0.39, 0.29) is 12.4 Å². The lowest BCUT2D eigenvalue weighted by Gasteiger charge is -2.19. The van der Waals surface area contributed by atoms with Gasteiger partial charge in [0.15, 0.2) is 0 Å². The minimum Gasteiger partial charge on any atom is -0.317 e. The molecule has 0 saturated carbocycles. The van der Waals surface area contributed by atoms with E-state index in [9.17, 15) is 0 Å². The molecule has 0 radical (unpaired) electrons. The van der Waals surface area contributed by atoms with Crippen LogP contribution in [0.3, 0.4) is 0 Å². The fourth-order valence-corrected chi connectivity index (χ4v) is 2.20. The molecule has 0 spiro atoms. The second-order valence-electron chi connectivity index (χ2n) is 4.63. The van der Waals surface area contributed by atoms with E-state index in [0.29, 0.717) is 5.92 Å². The van der Waals surface area contributed by atoms with E-state index >= 15 is 0 Å². The number of aryl methyl sites for hydroxylation is 1. The number of piperidine rings is 1. The van der Waals surface area contributed by atoms with Crippen molar-refractivity contribution in [1.29, 1.82) is 5.26 Å². The van der Waals surface area contributed by atoms with Crippen LogP contribution in [0, 0.1) is 24.2 Å². The van der Waals surface area contributed by atoms with Crippen LogP contribution in [-0.4, -0.2) is 13.1 Å². The van der Waals surface area contributed by atoms with Crippen molar-refractivity contribution in [2.75, 3.05) is 13.1 Å². The van der Waals surface area contributed by atoms with Crippen molar-refractivity contribution in [2.45, 2.75) is 19.8 Å². The summed E-state index contributed by atoms with van der Waals surface area (Å²) in [6, 6.07) is 8.19. The van der Waals surface area contributed by atoms with Crippen molar-refractivity contribution in [1.82, 2.24) is 5.32 Å². The molecule has 2 rings (SSSR count). The Morgan fingerprint density at radius 2 is 2.06 bits per heavy atom. The SMILES string of the molecule is Cc1cc(/C=C/C2CCNCC2)ccc1C#N.Cl. The number of nitrogens with zero attached hydrogens (tertiary/aromatic N) is 1. The van der Waals surface area contributed by atoms with Gasteiger partial charge < -0.3 is 5.32 Å². The minimum absolute atomic E-state index is 0. The molecule has 0 atom stereocenters. The van der Waals surface area contributed by atoms with E-state index in [1.54, 1.807) is 0 Å². The second-order valence-corrected chi connectivity index (χ2v) is 4.63. The van der Waals surface area contributed by atoms with Crippen molar-refractivity contribution >= 4 is 18.5 Å². The van der Waals surface area contributed by atoms with Crippen molar-refractivity contribution in [3.63, 3.8) is 0 Å². The van der Waals surface area contributed by atoms with E-state index in [0.717, 1.165) is 24.2 Å². The van der Waals surface area contributed by atoms with Crippen LogP contribution in [0.1, 0.15) is 29.5 Å². The molecule has 0 aromatic heterocycles. The molecule has 1 aromatic rings. The zero-order valence-electron chi connectivity index (χ0n) is 10.6. The summed E-state index contributed by atoms with van der Waals surface area (Å²) in [6.07, 6.45) is 6.95. The second kappa shape index (κ2) is 7.20. The Kier molecular flexibility index (Phi) is 5.91. The smallest absolute Gasteiger partial charge is 0.0994 e. The fraction of sp³-hybridized carbons (Fsp3) is 0.400. The normalized spacial score (nSPS) is 16.2. The van der Waals surface area contributed by atoms with E-state index in [4.69, 9.17) is 5.26 Å². The highest BCUT2D eigenvalue weighted by atomic mass is 35.5. The number of allylic oxidation sites excluding steroid dienone is 1. The zero-order valence-corrected chi connectivity index (χ0v) is 11.5. The van der Waals surface area contributed by atoms with Gasteiger partial charge in [-0.05, 0) is 56.0 Å². The Balaban J connectivity index is 0.00000162. The van der Waals surface area contributed by atoms with Crippen molar-refractivity contribution < 1.29 is 0 Å². The molecule has 18 heavy (non-hydrogen) atoms. The molecule has 0 amide bonds. The number of hydrogen-bond donors (Lipinski definition) is 1. The summed E-state index contributed by atoms with van der Waals surface area (Å²) in [5, 5.41) is 12.2. The monoisotopic (exact) mass is 262 g/mol. The number of halogens is 1. The van der Waals surface area contributed by atoms with Gasteiger partial charge in [0.1, 0.15) is 0 Å². The molecule has 0 unspecified atom stereocenters. The average molecular weight is 263 g/mol. The molecule has 1 N–H and O–H groups in total. The molecule has 3 heteroatoms. The van der Waals surface area contributed by atoms with Crippen LogP contribution < -0.4 is 5.32 Å². The van der Waals surface area contributed by atoms with Crippen LogP contribution >= 0.6 is 12.4 Å². The summed E-state index contributed by atoms with van der Waals surface area (Å²) in [4.78, 5) is 0. The molecule has 1 aliphatic heterocycles. The highest BCUT2D eigenvalue weighted by molar-refractivity contribution is 5.85. The van der Waals surface area contributed by atoms with Gasteiger partial charge in [-0.1, -0.05) is 24.3 Å². The van der Waals surface area contributed by atoms with Crippen LogP contribution in [0.4, 0.5) is 0 Å². The van der Waals surface area contributed by atoms with Crippen LogP contribution in [0.5, 0.6) is 0 Å². The Labute approximate surface area is 115 Å². The van der Waals surface area contributed by atoms with Gasteiger partial charge in [-0.25, -0.2) is 0 Å². The number of hydrogen-bond acceptors (Lipinski definition) is 2. The van der Waals surface area contributed by atoms with E-state index in [1.807, 2.05) is 19.1 Å². The summed E-state index contributed by atoms with van der Waals surface area (Å²) >= 11 is 0. The molecule has 1 saturated heterocycles. The predicted molar refractivity (Wildman–Crippen MR) is 77.8 cm³/mol. The maximum atomic E-state index is 8.87. The molecule has 2 nitrogen and oxygen atoms in total. The van der Waals surface area contributed by atoms with E-state index in [1.165, 1.54) is 18.4 Å². The van der Waals surface area contributed by atoms with Crippen molar-refractivity contribution in [2.24, 2.45) is 5.92 Å². The molecule has 1 aromatic carbocycles. The van der Waals surface area contributed by atoms with Gasteiger partial charge in [0.25, 0.3) is 0 Å². The summed E-state index contributed by atoms with van der Waals surface area (Å²) in [7, 11) is 0. The van der Waals surface area contributed by atoms with Gasteiger partial charge >= 0.3 is 0 Å². The first-order valence-electron chi connectivity index (χ1n) is 6.19. The first kappa shape index (κ1) is 14.8. The number of benzene rings is 1. The summed E-state index contributed by atoms with van der Waals surface area (Å²) in [5.74, 6) is 0.701. The first-order valence-corrected chi connectivity index (χ1v) is 6.19. The lowest BCUT2D eigenvalue weighted by atomic mass is 9.96. The molecule has 0 aliphatic carbocycles. The van der Waals surface area contributed by atoms with Crippen molar-refractivity contribution in [3.05, 3.63) is 41.0 Å². The van der Waals surface area contributed by atoms with Gasteiger partial charge in [-0.15, -0.1) is 12.4 Å². The molecule has 1 fully saturated rings. The van der Waals surface area contributed by atoms with Crippen LogP contribution in [0.2, 0.25) is 0 Å². The van der Waals surface area contributed by atoms with Gasteiger partial charge in [-0.2, -0.15) is 5.26 Å². The van der Waals surface area contributed by atoms with Crippen LogP contribution in [0.15, 0.2) is 24.3 Å². The van der Waals surface area contributed by atoms with Gasteiger partial charge in [-0.3, -0.25) is 0 Å².